The Morgan fingerprint density at radius 2 is 2.15 bits per heavy atom. The van der Waals surface area contributed by atoms with Gasteiger partial charge in [0.2, 0.25) is 0 Å². The molecular weight excluding hydrogens is 254 g/mol. The lowest BCUT2D eigenvalue weighted by Gasteiger charge is -2.10. The molecule has 0 bridgehead atoms. The van der Waals surface area contributed by atoms with E-state index in [1.807, 2.05) is 6.92 Å². The molecule has 0 atom stereocenters. The topological polar surface area (TPSA) is 77.2 Å². The molecule has 1 amide bonds. The number of anilines is 1. The molecule has 0 saturated carbocycles. The Morgan fingerprint density at radius 1 is 1.35 bits per heavy atom. The number of nitrogens with one attached hydrogen (secondary N) is 1. The number of methoxy groups -OCH3 is 1. The van der Waals surface area contributed by atoms with Crippen LogP contribution in [-0.4, -0.2) is 18.0 Å². The molecule has 3 N–H and O–H groups in total. The number of hydrogen-bond donors (Lipinski definition) is 2. The molecule has 0 aliphatic heterocycles. The Labute approximate surface area is 117 Å². The predicted octanol–water partition coefficient (Wildman–Crippen LogP) is 1.91. The van der Waals surface area contributed by atoms with Gasteiger partial charge in [-0.1, -0.05) is 0 Å². The zero-order valence-electron chi connectivity index (χ0n) is 11.5. The third-order valence-electron chi connectivity index (χ3n) is 2.88. The Hall–Kier alpha value is -2.56. The molecule has 2 aromatic rings. The van der Waals surface area contributed by atoms with E-state index >= 15 is 0 Å². The molecule has 0 spiro atoms. The van der Waals surface area contributed by atoms with Gasteiger partial charge in [-0.25, -0.2) is 0 Å². The number of pyridine rings is 1. The molecule has 0 fully saturated rings. The zero-order valence-corrected chi connectivity index (χ0v) is 11.5. The molecule has 104 valence electrons. The van der Waals surface area contributed by atoms with Crippen LogP contribution >= 0.6 is 0 Å². The number of carbonyl (C=O) groups excluding carboxylic acids is 1. The van der Waals surface area contributed by atoms with Crippen molar-refractivity contribution in [1.82, 2.24) is 10.3 Å². The summed E-state index contributed by atoms with van der Waals surface area (Å²) in [5.74, 6) is 0.521. The van der Waals surface area contributed by atoms with Gasteiger partial charge in [0.05, 0.1) is 12.7 Å². The summed E-state index contributed by atoms with van der Waals surface area (Å²) in [6, 6.07) is 7.12. The number of ether oxygens (including phenoxy) is 1. The van der Waals surface area contributed by atoms with Gasteiger partial charge in [-0.3, -0.25) is 9.78 Å². The van der Waals surface area contributed by atoms with E-state index in [1.165, 1.54) is 0 Å². The van der Waals surface area contributed by atoms with Crippen molar-refractivity contribution >= 4 is 11.6 Å². The summed E-state index contributed by atoms with van der Waals surface area (Å²) >= 11 is 0. The molecule has 2 rings (SSSR count). The number of nitrogen functional groups attached to an aromatic ring is 1. The lowest BCUT2D eigenvalue weighted by atomic mass is 10.1. The maximum absolute atomic E-state index is 12.0. The molecule has 5 heteroatoms. The summed E-state index contributed by atoms with van der Waals surface area (Å²) < 4.78 is 5.24. The van der Waals surface area contributed by atoms with Crippen molar-refractivity contribution < 1.29 is 9.53 Å². The fourth-order valence-corrected chi connectivity index (χ4v) is 1.89. The van der Waals surface area contributed by atoms with Crippen LogP contribution in [-0.2, 0) is 6.54 Å². The van der Waals surface area contributed by atoms with Crippen LogP contribution in [0.3, 0.4) is 0 Å². The minimum atomic E-state index is -0.175. The smallest absolute Gasteiger partial charge is 0.253 e. The maximum atomic E-state index is 12.0. The highest BCUT2D eigenvalue weighted by Crippen LogP contribution is 2.20. The molecule has 1 aromatic heterocycles. The van der Waals surface area contributed by atoms with Gasteiger partial charge in [-0.2, -0.15) is 0 Å². The fourth-order valence-electron chi connectivity index (χ4n) is 1.89. The predicted molar refractivity (Wildman–Crippen MR) is 77.6 cm³/mol. The average molecular weight is 271 g/mol. The average Bonchev–Trinajstić information content (AvgIpc) is 2.45. The van der Waals surface area contributed by atoms with Gasteiger partial charge < -0.3 is 15.8 Å². The van der Waals surface area contributed by atoms with Crippen molar-refractivity contribution in [3.8, 4) is 5.75 Å². The summed E-state index contributed by atoms with van der Waals surface area (Å²) in [5, 5.41) is 2.83. The van der Waals surface area contributed by atoms with Crippen LogP contribution in [0.2, 0.25) is 0 Å². The first-order valence-electron chi connectivity index (χ1n) is 6.22. The molecule has 20 heavy (non-hydrogen) atoms. The molecule has 0 radical (unpaired) electrons. The molecule has 0 unspecified atom stereocenters. The van der Waals surface area contributed by atoms with Crippen LogP contribution in [0.4, 0.5) is 5.69 Å². The molecular formula is C15H17N3O2. The van der Waals surface area contributed by atoms with Crippen LogP contribution in [0.25, 0.3) is 0 Å². The largest absolute Gasteiger partial charge is 0.496 e. The number of aromatic nitrogens is 1. The second-order valence-electron chi connectivity index (χ2n) is 4.50. The van der Waals surface area contributed by atoms with E-state index in [-0.39, 0.29) is 5.91 Å². The van der Waals surface area contributed by atoms with E-state index in [2.05, 4.69) is 10.3 Å². The third-order valence-corrected chi connectivity index (χ3v) is 2.88. The monoisotopic (exact) mass is 271 g/mol. The van der Waals surface area contributed by atoms with Crippen molar-refractivity contribution in [2.75, 3.05) is 12.8 Å². The quantitative estimate of drug-likeness (QED) is 0.833. The second-order valence-corrected chi connectivity index (χ2v) is 4.50. The SMILES string of the molecule is COc1ccc(N)cc1CNC(=O)c1cncc(C)c1. The van der Waals surface area contributed by atoms with E-state index in [1.54, 1.807) is 43.8 Å². The lowest BCUT2D eigenvalue weighted by molar-refractivity contribution is 0.0950. The highest BCUT2D eigenvalue weighted by molar-refractivity contribution is 5.94. The normalized spacial score (nSPS) is 10.1. The van der Waals surface area contributed by atoms with E-state index < -0.39 is 0 Å². The fraction of sp³-hybridized carbons (Fsp3) is 0.200. The molecule has 0 aliphatic carbocycles. The Bertz CT molecular complexity index is 626. The molecule has 0 aliphatic rings. The molecule has 1 heterocycles. The van der Waals surface area contributed by atoms with Crippen molar-refractivity contribution in [2.45, 2.75) is 13.5 Å². The van der Waals surface area contributed by atoms with Gasteiger partial charge in [0.15, 0.2) is 0 Å². The van der Waals surface area contributed by atoms with Gasteiger partial charge in [0.25, 0.3) is 5.91 Å². The van der Waals surface area contributed by atoms with Gasteiger partial charge in [-0.05, 0) is 36.8 Å². The van der Waals surface area contributed by atoms with Gasteiger partial charge in [0, 0.05) is 30.2 Å². The van der Waals surface area contributed by atoms with E-state index in [9.17, 15) is 4.79 Å². The first-order valence-corrected chi connectivity index (χ1v) is 6.22. The van der Waals surface area contributed by atoms with E-state index in [4.69, 9.17) is 10.5 Å². The minimum Gasteiger partial charge on any atom is -0.496 e. The van der Waals surface area contributed by atoms with Crippen LogP contribution < -0.4 is 15.8 Å². The number of carbonyl (C=O) groups is 1. The first kappa shape index (κ1) is 13.9. The number of nitrogens with two attached hydrogens (primary N) is 1. The number of benzene rings is 1. The van der Waals surface area contributed by atoms with Crippen molar-refractivity contribution in [1.29, 1.82) is 0 Å². The second kappa shape index (κ2) is 6.06. The van der Waals surface area contributed by atoms with Crippen LogP contribution in [0.5, 0.6) is 5.75 Å². The van der Waals surface area contributed by atoms with Gasteiger partial charge in [-0.15, -0.1) is 0 Å². The maximum Gasteiger partial charge on any atom is 0.253 e. The first-order chi connectivity index (χ1) is 9.60. The number of aryl methyl sites for hydroxylation is 1. The van der Waals surface area contributed by atoms with Crippen molar-refractivity contribution in [2.24, 2.45) is 0 Å². The minimum absolute atomic E-state index is 0.175. The summed E-state index contributed by atoms with van der Waals surface area (Å²) in [6.07, 6.45) is 3.25. The summed E-state index contributed by atoms with van der Waals surface area (Å²) in [5.41, 5.74) is 8.69. The standard InChI is InChI=1S/C15H17N3O2/c1-10-5-12(8-17-7-10)15(19)18-9-11-6-13(16)3-4-14(11)20-2/h3-8H,9,16H2,1-2H3,(H,18,19). The molecule has 0 saturated heterocycles. The number of hydrogen-bond acceptors (Lipinski definition) is 4. The Kier molecular flexibility index (Phi) is 4.20. The lowest BCUT2D eigenvalue weighted by Crippen LogP contribution is -2.23. The van der Waals surface area contributed by atoms with E-state index in [0.717, 1.165) is 11.1 Å². The van der Waals surface area contributed by atoms with Gasteiger partial charge in [0.1, 0.15) is 5.75 Å². The Balaban J connectivity index is 2.09. The van der Waals surface area contributed by atoms with Gasteiger partial charge >= 0.3 is 0 Å². The third kappa shape index (κ3) is 3.26. The Morgan fingerprint density at radius 3 is 2.85 bits per heavy atom. The summed E-state index contributed by atoms with van der Waals surface area (Å²) in [4.78, 5) is 16.0. The number of amides is 1. The van der Waals surface area contributed by atoms with Crippen LogP contribution in [0.1, 0.15) is 21.5 Å². The van der Waals surface area contributed by atoms with E-state index in [0.29, 0.717) is 23.5 Å². The molecule has 1 aromatic carbocycles. The molecule has 5 nitrogen and oxygen atoms in total. The zero-order chi connectivity index (χ0) is 14.5. The number of nitrogens with zero attached hydrogens (tertiary/aromatic N) is 1. The highest BCUT2D eigenvalue weighted by Gasteiger charge is 2.08. The van der Waals surface area contributed by atoms with Crippen LogP contribution in [0.15, 0.2) is 36.7 Å². The van der Waals surface area contributed by atoms with Crippen LogP contribution in [0, 0.1) is 6.92 Å². The highest BCUT2D eigenvalue weighted by atomic mass is 16.5. The van der Waals surface area contributed by atoms with Crippen molar-refractivity contribution in [3.05, 3.63) is 53.3 Å². The van der Waals surface area contributed by atoms with Crippen molar-refractivity contribution in [3.63, 3.8) is 0 Å². The summed E-state index contributed by atoms with van der Waals surface area (Å²) in [6.45, 7) is 2.24. The summed E-state index contributed by atoms with van der Waals surface area (Å²) in [7, 11) is 1.58. The number of rotatable bonds is 4.